The van der Waals surface area contributed by atoms with Gasteiger partial charge in [-0.1, -0.05) is 23.2 Å². The Hall–Kier alpha value is -3.18. The first-order chi connectivity index (χ1) is 10.7. The van der Waals surface area contributed by atoms with Crippen molar-refractivity contribution in [1.82, 2.24) is 9.97 Å². The number of pyridine rings is 2. The zero-order chi connectivity index (χ0) is 15.8. The fourth-order valence-electron chi connectivity index (χ4n) is 1.65. The molecule has 0 saturated heterocycles. The molecule has 0 bridgehead atoms. The zero-order valence-corrected chi connectivity index (χ0v) is 12.4. The Morgan fingerprint density at radius 3 is 2.73 bits per heavy atom. The topological polar surface area (TPSA) is 71.2 Å². The molecule has 2 rings (SSSR count). The van der Waals surface area contributed by atoms with Crippen LogP contribution in [-0.2, 0) is 4.84 Å². The molecule has 0 fully saturated rings. The van der Waals surface area contributed by atoms with Crippen molar-refractivity contribution in [3.05, 3.63) is 59.2 Å². The summed E-state index contributed by atoms with van der Waals surface area (Å²) in [6, 6.07) is 12.8. The SMILES string of the molecule is CC(=NOCC#Cc1cccc(C#N)n1)c1cccc(C)n1. The van der Waals surface area contributed by atoms with Crippen LogP contribution in [0.3, 0.4) is 0 Å². The summed E-state index contributed by atoms with van der Waals surface area (Å²) in [5.74, 6) is 5.62. The Kier molecular flexibility index (Phi) is 5.23. The van der Waals surface area contributed by atoms with Gasteiger partial charge in [0.25, 0.3) is 0 Å². The molecule has 0 unspecified atom stereocenters. The number of aromatic nitrogens is 2. The van der Waals surface area contributed by atoms with E-state index in [0.717, 1.165) is 11.4 Å². The van der Waals surface area contributed by atoms with Crippen molar-refractivity contribution in [3.8, 4) is 17.9 Å². The van der Waals surface area contributed by atoms with Crippen molar-refractivity contribution >= 4 is 5.71 Å². The van der Waals surface area contributed by atoms with Crippen LogP contribution in [-0.4, -0.2) is 22.3 Å². The second-order valence-electron chi connectivity index (χ2n) is 4.44. The third kappa shape index (κ3) is 4.43. The third-order valence-electron chi connectivity index (χ3n) is 2.68. The smallest absolute Gasteiger partial charge is 0.177 e. The summed E-state index contributed by atoms with van der Waals surface area (Å²) in [4.78, 5) is 13.5. The van der Waals surface area contributed by atoms with Crippen molar-refractivity contribution in [3.63, 3.8) is 0 Å². The van der Waals surface area contributed by atoms with Gasteiger partial charge in [0.2, 0.25) is 0 Å². The first kappa shape index (κ1) is 15.2. The molecule has 2 heterocycles. The molecule has 5 heteroatoms. The lowest BCUT2D eigenvalue weighted by Crippen LogP contribution is -2.00. The Balaban J connectivity index is 1.93. The molecule has 0 N–H and O–H groups in total. The molecular formula is C17H14N4O. The van der Waals surface area contributed by atoms with Crippen LogP contribution >= 0.6 is 0 Å². The third-order valence-corrected chi connectivity index (χ3v) is 2.68. The predicted molar refractivity (Wildman–Crippen MR) is 83.0 cm³/mol. The normalized spacial score (nSPS) is 10.3. The van der Waals surface area contributed by atoms with Crippen LogP contribution < -0.4 is 0 Å². The Labute approximate surface area is 129 Å². The molecule has 5 nitrogen and oxygen atoms in total. The van der Waals surface area contributed by atoms with Crippen molar-refractivity contribution in [2.75, 3.05) is 6.61 Å². The fraction of sp³-hybridized carbons (Fsp3) is 0.176. The van der Waals surface area contributed by atoms with E-state index in [0.29, 0.717) is 17.1 Å². The van der Waals surface area contributed by atoms with Gasteiger partial charge in [0.1, 0.15) is 23.2 Å². The van der Waals surface area contributed by atoms with Crippen LogP contribution in [0.15, 0.2) is 41.6 Å². The molecule has 0 aromatic carbocycles. The summed E-state index contributed by atoms with van der Waals surface area (Å²) < 4.78 is 0. The van der Waals surface area contributed by atoms with E-state index in [9.17, 15) is 0 Å². The van der Waals surface area contributed by atoms with Crippen LogP contribution in [0.1, 0.15) is 29.7 Å². The van der Waals surface area contributed by atoms with E-state index >= 15 is 0 Å². The van der Waals surface area contributed by atoms with Gasteiger partial charge in [-0.25, -0.2) is 4.98 Å². The molecule has 22 heavy (non-hydrogen) atoms. The van der Waals surface area contributed by atoms with Gasteiger partial charge in [0.15, 0.2) is 6.61 Å². The minimum atomic E-state index is 0.140. The maximum absolute atomic E-state index is 8.75. The summed E-state index contributed by atoms with van der Waals surface area (Å²) in [5.41, 5.74) is 3.26. The van der Waals surface area contributed by atoms with E-state index in [1.165, 1.54) is 0 Å². The van der Waals surface area contributed by atoms with Crippen LogP contribution in [0.2, 0.25) is 0 Å². The van der Waals surface area contributed by atoms with E-state index in [2.05, 4.69) is 27.0 Å². The summed E-state index contributed by atoms with van der Waals surface area (Å²) >= 11 is 0. The highest BCUT2D eigenvalue weighted by Crippen LogP contribution is 2.00. The highest BCUT2D eigenvalue weighted by Gasteiger charge is 1.99. The van der Waals surface area contributed by atoms with Crippen LogP contribution in [0.4, 0.5) is 0 Å². The van der Waals surface area contributed by atoms with Crippen LogP contribution in [0.5, 0.6) is 0 Å². The fourth-order valence-corrected chi connectivity index (χ4v) is 1.65. The second-order valence-corrected chi connectivity index (χ2v) is 4.44. The highest BCUT2D eigenvalue weighted by atomic mass is 16.6. The van der Waals surface area contributed by atoms with E-state index in [4.69, 9.17) is 10.1 Å². The van der Waals surface area contributed by atoms with Gasteiger partial charge in [-0.2, -0.15) is 5.26 Å². The van der Waals surface area contributed by atoms with E-state index < -0.39 is 0 Å². The lowest BCUT2D eigenvalue weighted by atomic mass is 10.2. The standard InChI is InChI=1S/C17H14N4O/c1-13-6-3-10-17(19-13)14(2)21-22-11-5-9-15-7-4-8-16(12-18)20-15/h3-4,6-8,10H,11H2,1-2H3. The second kappa shape index (κ2) is 7.56. The number of hydrogen-bond acceptors (Lipinski definition) is 5. The summed E-state index contributed by atoms with van der Waals surface area (Å²) in [6.45, 7) is 3.89. The molecule has 108 valence electrons. The lowest BCUT2D eigenvalue weighted by Gasteiger charge is -2.00. The van der Waals surface area contributed by atoms with Gasteiger partial charge in [0, 0.05) is 5.69 Å². The number of nitrogens with zero attached hydrogens (tertiary/aromatic N) is 4. The summed E-state index contributed by atoms with van der Waals surface area (Å²) in [5, 5.41) is 12.7. The average molecular weight is 290 g/mol. The van der Waals surface area contributed by atoms with Crippen molar-refractivity contribution in [2.45, 2.75) is 13.8 Å². The average Bonchev–Trinajstić information content (AvgIpc) is 2.54. The minimum absolute atomic E-state index is 0.140. The predicted octanol–water partition coefficient (Wildman–Crippen LogP) is 2.45. The molecule has 0 aliphatic carbocycles. The minimum Gasteiger partial charge on any atom is -0.382 e. The zero-order valence-electron chi connectivity index (χ0n) is 12.4. The molecule has 0 saturated carbocycles. The molecule has 2 aromatic rings. The van der Waals surface area contributed by atoms with Crippen molar-refractivity contribution < 1.29 is 4.84 Å². The van der Waals surface area contributed by atoms with Crippen LogP contribution in [0.25, 0.3) is 0 Å². The molecule has 0 radical (unpaired) electrons. The Morgan fingerprint density at radius 1 is 1.18 bits per heavy atom. The van der Waals surface area contributed by atoms with E-state index in [1.54, 1.807) is 18.2 Å². The highest BCUT2D eigenvalue weighted by molar-refractivity contribution is 5.96. The number of hydrogen-bond donors (Lipinski definition) is 0. The first-order valence-corrected chi connectivity index (χ1v) is 6.65. The number of aryl methyl sites for hydroxylation is 1. The Morgan fingerprint density at radius 2 is 1.95 bits per heavy atom. The van der Waals surface area contributed by atoms with Gasteiger partial charge >= 0.3 is 0 Å². The summed E-state index contributed by atoms with van der Waals surface area (Å²) in [7, 11) is 0. The maximum atomic E-state index is 8.75. The Bertz CT molecular complexity index is 794. The van der Waals surface area contributed by atoms with Gasteiger partial charge in [0.05, 0.1) is 5.69 Å². The van der Waals surface area contributed by atoms with Crippen molar-refractivity contribution in [1.29, 1.82) is 5.26 Å². The molecular weight excluding hydrogens is 276 g/mol. The van der Waals surface area contributed by atoms with Gasteiger partial charge in [-0.05, 0) is 44.0 Å². The van der Waals surface area contributed by atoms with Crippen LogP contribution in [0, 0.1) is 30.1 Å². The largest absolute Gasteiger partial charge is 0.382 e. The molecule has 0 amide bonds. The van der Waals surface area contributed by atoms with E-state index in [-0.39, 0.29) is 6.61 Å². The van der Waals surface area contributed by atoms with Gasteiger partial charge < -0.3 is 4.84 Å². The van der Waals surface area contributed by atoms with E-state index in [1.807, 2.05) is 38.1 Å². The number of nitriles is 1. The van der Waals surface area contributed by atoms with Gasteiger partial charge in [-0.15, -0.1) is 0 Å². The quantitative estimate of drug-likeness (QED) is 0.377. The molecule has 2 aromatic heterocycles. The summed E-state index contributed by atoms with van der Waals surface area (Å²) in [6.07, 6.45) is 0. The van der Waals surface area contributed by atoms with Crippen molar-refractivity contribution in [2.24, 2.45) is 5.16 Å². The van der Waals surface area contributed by atoms with Gasteiger partial charge in [-0.3, -0.25) is 4.98 Å². The molecule has 0 aliphatic heterocycles. The number of rotatable bonds is 3. The number of oxime groups is 1. The molecule has 0 spiro atoms. The molecule has 0 aliphatic rings. The maximum Gasteiger partial charge on any atom is 0.177 e. The lowest BCUT2D eigenvalue weighted by molar-refractivity contribution is 0.179. The molecule has 0 atom stereocenters. The monoisotopic (exact) mass is 290 g/mol. The first-order valence-electron chi connectivity index (χ1n) is 6.65.